The first-order valence-corrected chi connectivity index (χ1v) is 13.1. The number of carbonyl (C=O) groups is 1. The first kappa shape index (κ1) is 23.0. The standard InChI is InChI=1S/C29H33N3O4/c1-5-32(6-2)23-17-24-22(16-25(23)34-19-12-8-7-9-13-19)29(26-18(3)30-31(4)27(26)35-24)21-15-11-10-14-20(21)28(33)36-29/h10-11,14-17,19H,5-9,12-13H2,1-4H3. The summed E-state index contributed by atoms with van der Waals surface area (Å²) in [5.74, 6) is 1.73. The molecular formula is C29H33N3O4. The highest BCUT2D eigenvalue weighted by molar-refractivity contribution is 5.97. The summed E-state index contributed by atoms with van der Waals surface area (Å²) >= 11 is 0. The predicted octanol–water partition coefficient (Wildman–Crippen LogP) is 5.85. The number of carbonyl (C=O) groups excluding carboxylic acids is 1. The lowest BCUT2D eigenvalue weighted by atomic mass is 9.78. The summed E-state index contributed by atoms with van der Waals surface area (Å²) in [5, 5.41) is 4.66. The van der Waals surface area contributed by atoms with E-state index in [2.05, 4.69) is 36.0 Å². The molecule has 0 N–H and O–H groups in total. The number of nitrogens with zero attached hydrogens (tertiary/aromatic N) is 3. The molecule has 2 aromatic carbocycles. The minimum absolute atomic E-state index is 0.181. The number of hydrogen-bond acceptors (Lipinski definition) is 6. The highest BCUT2D eigenvalue weighted by atomic mass is 16.6. The number of aryl methyl sites for hydroxylation is 2. The van der Waals surface area contributed by atoms with E-state index in [1.807, 2.05) is 38.2 Å². The van der Waals surface area contributed by atoms with E-state index < -0.39 is 5.60 Å². The zero-order chi connectivity index (χ0) is 25.0. The summed E-state index contributed by atoms with van der Waals surface area (Å²) in [6, 6.07) is 11.7. The largest absolute Gasteiger partial charge is 0.488 e. The summed E-state index contributed by atoms with van der Waals surface area (Å²) in [4.78, 5) is 15.5. The molecule has 1 unspecified atom stereocenters. The van der Waals surface area contributed by atoms with Gasteiger partial charge < -0.3 is 19.1 Å². The molecule has 1 aromatic heterocycles. The van der Waals surface area contributed by atoms with E-state index in [1.165, 1.54) is 19.3 Å². The summed E-state index contributed by atoms with van der Waals surface area (Å²) in [5.41, 5.74) is 3.57. The maximum atomic E-state index is 13.2. The van der Waals surface area contributed by atoms with Gasteiger partial charge in [0, 0.05) is 31.8 Å². The number of esters is 1. The Morgan fingerprint density at radius 2 is 1.86 bits per heavy atom. The second-order valence-electron chi connectivity index (χ2n) is 9.97. The monoisotopic (exact) mass is 487 g/mol. The van der Waals surface area contributed by atoms with E-state index in [4.69, 9.17) is 14.2 Å². The van der Waals surface area contributed by atoms with Crippen LogP contribution in [0.2, 0.25) is 0 Å². The van der Waals surface area contributed by atoms with E-state index in [0.29, 0.717) is 17.2 Å². The fourth-order valence-electron chi connectivity index (χ4n) is 6.18. The molecule has 7 nitrogen and oxygen atoms in total. The van der Waals surface area contributed by atoms with Crippen molar-refractivity contribution in [2.24, 2.45) is 7.05 Å². The minimum atomic E-state index is -1.14. The molecule has 6 rings (SSSR count). The van der Waals surface area contributed by atoms with Crippen molar-refractivity contribution in [1.29, 1.82) is 0 Å². The molecule has 1 saturated carbocycles. The summed E-state index contributed by atoms with van der Waals surface area (Å²) < 4.78 is 21.3. The first-order valence-electron chi connectivity index (χ1n) is 13.1. The molecule has 1 aliphatic carbocycles. The van der Waals surface area contributed by atoms with Gasteiger partial charge in [-0.3, -0.25) is 0 Å². The molecular weight excluding hydrogens is 454 g/mol. The molecule has 2 aliphatic heterocycles. The topological polar surface area (TPSA) is 65.8 Å². The van der Waals surface area contributed by atoms with Crippen LogP contribution in [-0.2, 0) is 17.4 Å². The van der Waals surface area contributed by atoms with Gasteiger partial charge in [-0.15, -0.1) is 0 Å². The van der Waals surface area contributed by atoms with Crippen molar-refractivity contribution in [3.8, 4) is 17.4 Å². The van der Waals surface area contributed by atoms with Crippen molar-refractivity contribution in [3.05, 3.63) is 64.3 Å². The van der Waals surface area contributed by atoms with Gasteiger partial charge in [-0.05, 0) is 58.6 Å². The van der Waals surface area contributed by atoms with E-state index in [0.717, 1.165) is 59.8 Å². The van der Waals surface area contributed by atoms with Gasteiger partial charge in [-0.1, -0.05) is 24.6 Å². The predicted molar refractivity (Wildman–Crippen MR) is 137 cm³/mol. The Bertz CT molecular complexity index is 1340. The lowest BCUT2D eigenvalue weighted by molar-refractivity contribution is 0.0219. The molecule has 0 amide bonds. The average molecular weight is 488 g/mol. The van der Waals surface area contributed by atoms with Crippen LogP contribution >= 0.6 is 0 Å². The molecule has 7 heteroatoms. The molecule has 3 aliphatic rings. The smallest absolute Gasteiger partial charge is 0.340 e. The van der Waals surface area contributed by atoms with Crippen molar-refractivity contribution < 1.29 is 19.0 Å². The van der Waals surface area contributed by atoms with Crippen LogP contribution in [0.4, 0.5) is 5.69 Å². The van der Waals surface area contributed by atoms with Gasteiger partial charge in [-0.2, -0.15) is 5.10 Å². The van der Waals surface area contributed by atoms with Gasteiger partial charge in [-0.25, -0.2) is 9.48 Å². The van der Waals surface area contributed by atoms with Crippen LogP contribution in [0.25, 0.3) is 0 Å². The third-order valence-corrected chi connectivity index (χ3v) is 7.89. The third-order valence-electron chi connectivity index (χ3n) is 7.89. The summed E-state index contributed by atoms with van der Waals surface area (Å²) in [7, 11) is 1.86. The lowest BCUT2D eigenvalue weighted by Crippen LogP contribution is -2.34. The number of anilines is 1. The van der Waals surface area contributed by atoms with Crippen LogP contribution in [0.15, 0.2) is 36.4 Å². The highest BCUT2D eigenvalue weighted by Crippen LogP contribution is 2.58. The number of fused-ring (bicyclic) bond motifs is 6. The van der Waals surface area contributed by atoms with Crippen molar-refractivity contribution in [1.82, 2.24) is 9.78 Å². The van der Waals surface area contributed by atoms with Crippen molar-refractivity contribution in [2.45, 2.75) is 64.6 Å². The third kappa shape index (κ3) is 3.25. The van der Waals surface area contributed by atoms with Crippen LogP contribution in [0.3, 0.4) is 0 Å². The van der Waals surface area contributed by atoms with E-state index in [9.17, 15) is 4.79 Å². The Morgan fingerprint density at radius 1 is 1.11 bits per heavy atom. The number of ether oxygens (including phenoxy) is 3. The van der Waals surface area contributed by atoms with Crippen molar-refractivity contribution >= 4 is 11.7 Å². The number of aromatic nitrogens is 2. The number of hydrogen-bond donors (Lipinski definition) is 0. The molecule has 3 heterocycles. The SMILES string of the molecule is CCN(CC)c1cc2c(cc1OC1CCCCC1)C1(OC(=O)c3ccccc31)c1c(C)nn(C)c1O2. The fourth-order valence-corrected chi connectivity index (χ4v) is 6.18. The second-order valence-corrected chi connectivity index (χ2v) is 9.97. The van der Waals surface area contributed by atoms with Crippen molar-refractivity contribution in [2.75, 3.05) is 18.0 Å². The zero-order valence-electron chi connectivity index (χ0n) is 21.5. The van der Waals surface area contributed by atoms with E-state index >= 15 is 0 Å². The summed E-state index contributed by atoms with van der Waals surface area (Å²) in [6.45, 7) is 7.92. The average Bonchev–Trinajstić information content (AvgIpc) is 3.34. The van der Waals surface area contributed by atoms with Crippen molar-refractivity contribution in [3.63, 3.8) is 0 Å². The summed E-state index contributed by atoms with van der Waals surface area (Å²) in [6.07, 6.45) is 5.93. The van der Waals surface area contributed by atoms with Gasteiger partial charge in [0.15, 0.2) is 5.60 Å². The fraction of sp³-hybridized carbons (Fsp3) is 0.448. The van der Waals surface area contributed by atoms with Gasteiger partial charge in [0.25, 0.3) is 0 Å². The van der Waals surface area contributed by atoms with Gasteiger partial charge in [0.05, 0.1) is 34.2 Å². The first-order chi connectivity index (χ1) is 17.5. The molecule has 1 fully saturated rings. The molecule has 188 valence electrons. The lowest BCUT2D eigenvalue weighted by Gasteiger charge is -2.37. The maximum Gasteiger partial charge on any atom is 0.340 e. The van der Waals surface area contributed by atoms with E-state index in [-0.39, 0.29) is 12.1 Å². The van der Waals surface area contributed by atoms with Gasteiger partial charge in [0.2, 0.25) is 5.88 Å². The number of rotatable bonds is 5. The Morgan fingerprint density at radius 3 is 2.61 bits per heavy atom. The van der Waals surface area contributed by atoms with E-state index in [1.54, 1.807) is 4.68 Å². The molecule has 0 bridgehead atoms. The van der Waals surface area contributed by atoms with Crippen LogP contribution in [0, 0.1) is 6.92 Å². The van der Waals surface area contributed by atoms with Crippen LogP contribution < -0.4 is 14.4 Å². The normalized spacial score (nSPS) is 20.4. The molecule has 3 aromatic rings. The van der Waals surface area contributed by atoms with Crippen LogP contribution in [-0.4, -0.2) is 34.9 Å². The zero-order valence-corrected chi connectivity index (χ0v) is 21.5. The molecule has 0 radical (unpaired) electrons. The molecule has 1 atom stereocenters. The van der Waals surface area contributed by atoms with Gasteiger partial charge in [0.1, 0.15) is 11.5 Å². The Labute approximate surface area is 212 Å². The highest BCUT2D eigenvalue weighted by Gasteiger charge is 2.56. The Hall–Kier alpha value is -3.48. The van der Waals surface area contributed by atoms with Crippen LogP contribution in [0.5, 0.6) is 17.4 Å². The second kappa shape index (κ2) is 8.57. The van der Waals surface area contributed by atoms with Gasteiger partial charge >= 0.3 is 5.97 Å². The maximum absolute atomic E-state index is 13.2. The number of benzene rings is 2. The van der Waals surface area contributed by atoms with Crippen LogP contribution in [0.1, 0.15) is 78.7 Å². The quantitative estimate of drug-likeness (QED) is 0.421. The molecule has 36 heavy (non-hydrogen) atoms. The minimum Gasteiger partial charge on any atom is -0.488 e. The Balaban J connectivity index is 1.61. The molecule has 1 spiro atoms. The molecule has 0 saturated heterocycles. The Kier molecular flexibility index (Phi) is 5.47.